The van der Waals surface area contributed by atoms with E-state index in [2.05, 4.69) is 4.99 Å². The van der Waals surface area contributed by atoms with Gasteiger partial charge in [0.25, 0.3) is 5.92 Å². The predicted octanol–water partition coefficient (Wildman–Crippen LogP) is 2.18. The van der Waals surface area contributed by atoms with Gasteiger partial charge in [0.05, 0.1) is 6.54 Å². The van der Waals surface area contributed by atoms with Crippen molar-refractivity contribution in [2.24, 2.45) is 16.6 Å². The van der Waals surface area contributed by atoms with E-state index in [0.29, 0.717) is 18.8 Å². The van der Waals surface area contributed by atoms with Crippen LogP contribution in [0.1, 0.15) is 25.7 Å². The molecule has 0 amide bonds. The standard InChI is InChI=1S/C12H21F2N3S/c13-12(14)4-2-1-3-10(12)9-16-11(15)17-5-7-18-8-6-17/h10H,1-9H2,(H2,15,16). The van der Waals surface area contributed by atoms with Gasteiger partial charge >= 0.3 is 0 Å². The first-order chi connectivity index (χ1) is 8.59. The molecule has 104 valence electrons. The lowest BCUT2D eigenvalue weighted by Crippen LogP contribution is -2.43. The Bertz CT molecular complexity index is 304. The molecular formula is C12H21F2N3S. The van der Waals surface area contributed by atoms with E-state index in [9.17, 15) is 8.78 Å². The lowest BCUT2D eigenvalue weighted by Gasteiger charge is -2.31. The van der Waals surface area contributed by atoms with Crippen molar-refractivity contribution >= 4 is 17.7 Å². The van der Waals surface area contributed by atoms with Gasteiger partial charge in [0.1, 0.15) is 0 Å². The largest absolute Gasteiger partial charge is 0.370 e. The van der Waals surface area contributed by atoms with Gasteiger partial charge in [-0.15, -0.1) is 0 Å². The molecule has 2 aliphatic rings. The highest BCUT2D eigenvalue weighted by molar-refractivity contribution is 7.99. The van der Waals surface area contributed by atoms with E-state index in [1.807, 2.05) is 16.7 Å². The molecule has 2 rings (SSSR count). The molecule has 2 fully saturated rings. The first-order valence-electron chi connectivity index (χ1n) is 6.60. The number of thioether (sulfide) groups is 1. The predicted molar refractivity (Wildman–Crippen MR) is 72.3 cm³/mol. The second kappa shape index (κ2) is 6.08. The highest BCUT2D eigenvalue weighted by Crippen LogP contribution is 2.38. The molecule has 6 heteroatoms. The third kappa shape index (κ3) is 3.49. The maximum Gasteiger partial charge on any atom is 0.252 e. The second-order valence-corrected chi connectivity index (χ2v) is 6.23. The van der Waals surface area contributed by atoms with Crippen molar-refractivity contribution in [2.75, 3.05) is 31.1 Å². The second-order valence-electron chi connectivity index (χ2n) is 5.00. The molecule has 1 heterocycles. The van der Waals surface area contributed by atoms with Gasteiger partial charge in [0, 0.05) is 36.9 Å². The fraction of sp³-hybridized carbons (Fsp3) is 0.917. The van der Waals surface area contributed by atoms with Gasteiger partial charge in [0.15, 0.2) is 5.96 Å². The van der Waals surface area contributed by atoms with Crippen LogP contribution in [0.3, 0.4) is 0 Å². The molecule has 1 unspecified atom stereocenters. The fourth-order valence-corrected chi connectivity index (χ4v) is 3.39. The molecule has 3 nitrogen and oxygen atoms in total. The van der Waals surface area contributed by atoms with Crippen LogP contribution in [0, 0.1) is 5.92 Å². The van der Waals surface area contributed by atoms with Gasteiger partial charge in [-0.1, -0.05) is 6.42 Å². The number of halogens is 2. The van der Waals surface area contributed by atoms with E-state index in [0.717, 1.165) is 31.0 Å². The monoisotopic (exact) mass is 277 g/mol. The van der Waals surface area contributed by atoms with Gasteiger partial charge < -0.3 is 10.6 Å². The van der Waals surface area contributed by atoms with Crippen LogP contribution >= 0.6 is 11.8 Å². The minimum atomic E-state index is -2.56. The number of guanidine groups is 1. The third-order valence-corrected chi connectivity index (χ3v) is 4.66. The molecule has 1 aliphatic heterocycles. The molecule has 2 N–H and O–H groups in total. The van der Waals surface area contributed by atoms with Crippen LogP contribution in [-0.4, -0.2) is 47.9 Å². The summed E-state index contributed by atoms with van der Waals surface area (Å²) >= 11 is 1.89. The molecule has 1 saturated heterocycles. The average molecular weight is 277 g/mol. The molecule has 0 aromatic carbocycles. The highest BCUT2D eigenvalue weighted by Gasteiger charge is 2.41. The first kappa shape index (κ1) is 13.9. The van der Waals surface area contributed by atoms with Crippen LogP contribution in [0.4, 0.5) is 8.78 Å². The topological polar surface area (TPSA) is 41.6 Å². The lowest BCUT2D eigenvalue weighted by molar-refractivity contribution is -0.0815. The minimum absolute atomic E-state index is 0.00739. The minimum Gasteiger partial charge on any atom is -0.370 e. The van der Waals surface area contributed by atoms with E-state index >= 15 is 0 Å². The van der Waals surface area contributed by atoms with Crippen LogP contribution in [0.15, 0.2) is 4.99 Å². The van der Waals surface area contributed by atoms with Crippen molar-refractivity contribution in [3.8, 4) is 0 Å². The Morgan fingerprint density at radius 1 is 1.33 bits per heavy atom. The maximum atomic E-state index is 13.6. The van der Waals surface area contributed by atoms with Crippen molar-refractivity contribution in [3.05, 3.63) is 0 Å². The summed E-state index contributed by atoms with van der Waals surface area (Å²) in [5, 5.41) is 0. The quantitative estimate of drug-likeness (QED) is 0.621. The molecule has 1 atom stereocenters. The zero-order chi connectivity index (χ0) is 13.0. The lowest BCUT2D eigenvalue weighted by atomic mass is 9.86. The third-order valence-electron chi connectivity index (χ3n) is 3.72. The molecule has 1 saturated carbocycles. The number of hydrogen-bond donors (Lipinski definition) is 1. The van der Waals surface area contributed by atoms with Gasteiger partial charge in [-0.2, -0.15) is 11.8 Å². The van der Waals surface area contributed by atoms with Gasteiger partial charge in [-0.25, -0.2) is 8.78 Å². The zero-order valence-electron chi connectivity index (χ0n) is 10.6. The number of aliphatic imine (C=N–C) groups is 1. The Balaban J connectivity index is 1.88. The molecule has 0 spiro atoms. The molecular weight excluding hydrogens is 256 g/mol. The van der Waals surface area contributed by atoms with Gasteiger partial charge in [0.2, 0.25) is 0 Å². The van der Waals surface area contributed by atoms with Crippen LogP contribution < -0.4 is 5.73 Å². The Kier molecular flexibility index (Phi) is 4.70. The fourth-order valence-electron chi connectivity index (χ4n) is 2.49. The van der Waals surface area contributed by atoms with E-state index in [-0.39, 0.29) is 13.0 Å². The van der Waals surface area contributed by atoms with Crippen LogP contribution in [0.5, 0.6) is 0 Å². The Morgan fingerprint density at radius 3 is 2.72 bits per heavy atom. The summed E-state index contributed by atoms with van der Waals surface area (Å²) in [4.78, 5) is 6.20. The van der Waals surface area contributed by atoms with Gasteiger partial charge in [-0.05, 0) is 12.8 Å². The van der Waals surface area contributed by atoms with Crippen molar-refractivity contribution < 1.29 is 8.78 Å². The van der Waals surface area contributed by atoms with Gasteiger partial charge in [-0.3, -0.25) is 4.99 Å². The van der Waals surface area contributed by atoms with Crippen LogP contribution in [0.25, 0.3) is 0 Å². The van der Waals surface area contributed by atoms with Crippen LogP contribution in [-0.2, 0) is 0 Å². The van der Waals surface area contributed by atoms with Crippen molar-refractivity contribution in [2.45, 2.75) is 31.6 Å². The number of nitrogens with two attached hydrogens (primary N) is 1. The molecule has 0 radical (unpaired) electrons. The van der Waals surface area contributed by atoms with Crippen molar-refractivity contribution in [1.29, 1.82) is 0 Å². The van der Waals surface area contributed by atoms with E-state index in [1.54, 1.807) is 0 Å². The summed E-state index contributed by atoms with van der Waals surface area (Å²) in [6, 6.07) is 0. The molecule has 1 aliphatic carbocycles. The maximum absolute atomic E-state index is 13.6. The summed E-state index contributed by atoms with van der Waals surface area (Å²) < 4.78 is 27.3. The molecule has 18 heavy (non-hydrogen) atoms. The first-order valence-corrected chi connectivity index (χ1v) is 7.75. The highest BCUT2D eigenvalue weighted by atomic mass is 32.2. The van der Waals surface area contributed by atoms with E-state index < -0.39 is 11.8 Å². The van der Waals surface area contributed by atoms with Crippen LogP contribution in [0.2, 0.25) is 0 Å². The summed E-state index contributed by atoms with van der Waals surface area (Å²) in [6.45, 7) is 1.92. The van der Waals surface area contributed by atoms with E-state index in [1.165, 1.54) is 0 Å². The normalized spacial score (nSPS) is 29.3. The Hall–Kier alpha value is -0.520. The SMILES string of the molecule is NC(=NCC1CCCCC1(F)F)N1CCSCC1. The smallest absolute Gasteiger partial charge is 0.252 e. The zero-order valence-corrected chi connectivity index (χ0v) is 11.4. The summed E-state index contributed by atoms with van der Waals surface area (Å²) in [5.41, 5.74) is 5.88. The number of hydrogen-bond acceptors (Lipinski definition) is 2. The van der Waals surface area contributed by atoms with Crippen molar-refractivity contribution in [1.82, 2.24) is 4.90 Å². The van der Waals surface area contributed by atoms with Crippen molar-refractivity contribution in [3.63, 3.8) is 0 Å². The molecule has 0 aromatic heterocycles. The molecule has 0 aromatic rings. The number of rotatable bonds is 2. The number of alkyl halides is 2. The number of nitrogens with zero attached hydrogens (tertiary/aromatic N) is 2. The summed E-state index contributed by atoms with van der Waals surface area (Å²) in [7, 11) is 0. The summed E-state index contributed by atoms with van der Waals surface area (Å²) in [5.74, 6) is -0.661. The molecule has 0 bridgehead atoms. The Labute approximate surface area is 111 Å². The summed E-state index contributed by atoms with van der Waals surface area (Å²) in [6.07, 6.45) is 2.09. The average Bonchev–Trinajstić information content (AvgIpc) is 2.38. The Morgan fingerprint density at radius 2 is 2.06 bits per heavy atom. The van der Waals surface area contributed by atoms with E-state index in [4.69, 9.17) is 5.73 Å².